The van der Waals surface area contributed by atoms with Gasteiger partial charge in [0.25, 0.3) is 0 Å². The van der Waals surface area contributed by atoms with Crippen LogP contribution in [0.15, 0.2) is 47.1 Å². The van der Waals surface area contributed by atoms with Crippen molar-refractivity contribution in [1.82, 2.24) is 10.2 Å². The van der Waals surface area contributed by atoms with Gasteiger partial charge in [0.15, 0.2) is 0 Å². The van der Waals surface area contributed by atoms with E-state index in [4.69, 9.17) is 4.42 Å². The van der Waals surface area contributed by atoms with E-state index in [1.54, 1.807) is 23.1 Å². The van der Waals surface area contributed by atoms with Crippen LogP contribution < -0.4 is 5.32 Å². The van der Waals surface area contributed by atoms with Gasteiger partial charge in [-0.05, 0) is 49.1 Å². The number of urea groups is 1. The number of halogens is 1. The van der Waals surface area contributed by atoms with Crippen LogP contribution in [0.25, 0.3) is 0 Å². The van der Waals surface area contributed by atoms with Crippen LogP contribution in [0.5, 0.6) is 0 Å². The first-order valence-electron chi connectivity index (χ1n) is 8.64. The van der Waals surface area contributed by atoms with Gasteiger partial charge in [-0.15, -0.1) is 0 Å². The fraction of sp³-hybridized carbons (Fsp3) is 0.421. The molecule has 5 nitrogen and oxygen atoms in total. The third-order valence-electron chi connectivity index (χ3n) is 4.58. The van der Waals surface area contributed by atoms with E-state index in [0.717, 1.165) is 18.4 Å². The molecule has 134 valence electrons. The molecule has 0 aliphatic carbocycles. The summed E-state index contributed by atoms with van der Waals surface area (Å²) in [4.78, 5) is 14.2. The molecule has 25 heavy (non-hydrogen) atoms. The lowest BCUT2D eigenvalue weighted by molar-refractivity contribution is 0.108. The van der Waals surface area contributed by atoms with E-state index in [-0.39, 0.29) is 17.9 Å². The predicted molar refractivity (Wildman–Crippen MR) is 91.5 cm³/mol. The Bertz CT molecular complexity index is 690. The molecule has 0 radical (unpaired) electrons. The van der Waals surface area contributed by atoms with E-state index in [1.807, 2.05) is 6.07 Å². The standard InChI is InChI=1S/C19H23FN2O3/c20-15-5-1-4-14(12-15)8-9-21-19(24)22-10-2-6-16(22)13-17(23)18-7-3-11-25-18/h1,3-5,7,11-12,16-17,23H,2,6,8-10,13H2,(H,21,24). The van der Waals surface area contributed by atoms with Crippen LogP contribution in [-0.2, 0) is 6.42 Å². The van der Waals surface area contributed by atoms with Gasteiger partial charge in [0, 0.05) is 25.6 Å². The van der Waals surface area contributed by atoms with Crippen molar-refractivity contribution in [2.75, 3.05) is 13.1 Å². The highest BCUT2D eigenvalue weighted by Gasteiger charge is 2.31. The number of aliphatic hydroxyl groups excluding tert-OH is 1. The van der Waals surface area contributed by atoms with Gasteiger partial charge in [0.05, 0.1) is 6.26 Å². The van der Waals surface area contributed by atoms with Crippen molar-refractivity contribution >= 4 is 6.03 Å². The maximum atomic E-state index is 13.2. The number of furan rings is 1. The van der Waals surface area contributed by atoms with E-state index in [2.05, 4.69) is 5.32 Å². The van der Waals surface area contributed by atoms with E-state index < -0.39 is 6.10 Å². The van der Waals surface area contributed by atoms with Crippen LogP contribution in [0.3, 0.4) is 0 Å². The predicted octanol–water partition coefficient (Wildman–Crippen LogP) is 3.26. The number of amides is 2. The lowest BCUT2D eigenvalue weighted by atomic mass is 10.1. The number of benzene rings is 1. The van der Waals surface area contributed by atoms with E-state index >= 15 is 0 Å². The van der Waals surface area contributed by atoms with Gasteiger partial charge in [-0.2, -0.15) is 0 Å². The Morgan fingerprint density at radius 1 is 1.40 bits per heavy atom. The average molecular weight is 346 g/mol. The number of hydrogen-bond donors (Lipinski definition) is 2. The van der Waals surface area contributed by atoms with Crippen LogP contribution in [0.1, 0.15) is 36.7 Å². The number of carbonyl (C=O) groups is 1. The molecule has 1 aromatic carbocycles. The second-order valence-corrected chi connectivity index (χ2v) is 6.37. The smallest absolute Gasteiger partial charge is 0.317 e. The highest BCUT2D eigenvalue weighted by atomic mass is 19.1. The first kappa shape index (κ1) is 17.5. The highest BCUT2D eigenvalue weighted by molar-refractivity contribution is 5.74. The summed E-state index contributed by atoms with van der Waals surface area (Å²) in [6.45, 7) is 1.13. The molecule has 1 saturated heterocycles. The second-order valence-electron chi connectivity index (χ2n) is 6.37. The van der Waals surface area contributed by atoms with Crippen LogP contribution in [0, 0.1) is 5.82 Å². The summed E-state index contributed by atoms with van der Waals surface area (Å²) >= 11 is 0. The molecule has 1 aliphatic heterocycles. The molecule has 2 heterocycles. The lowest BCUT2D eigenvalue weighted by Gasteiger charge is -2.26. The maximum Gasteiger partial charge on any atom is 0.317 e. The Morgan fingerprint density at radius 2 is 2.28 bits per heavy atom. The Labute approximate surface area is 146 Å². The van der Waals surface area contributed by atoms with Crippen molar-refractivity contribution in [1.29, 1.82) is 0 Å². The van der Waals surface area contributed by atoms with Gasteiger partial charge in [0.1, 0.15) is 17.7 Å². The molecule has 2 aromatic rings. The van der Waals surface area contributed by atoms with E-state index in [9.17, 15) is 14.3 Å². The van der Waals surface area contributed by atoms with Gasteiger partial charge in [0.2, 0.25) is 0 Å². The molecule has 3 rings (SSSR count). The van der Waals surface area contributed by atoms with Crippen molar-refractivity contribution < 1.29 is 18.7 Å². The summed E-state index contributed by atoms with van der Waals surface area (Å²) in [6.07, 6.45) is 3.66. The van der Waals surface area contributed by atoms with Gasteiger partial charge in [-0.1, -0.05) is 12.1 Å². The first-order chi connectivity index (χ1) is 12.1. The third-order valence-corrected chi connectivity index (χ3v) is 4.58. The number of nitrogens with one attached hydrogen (secondary N) is 1. The number of likely N-dealkylation sites (tertiary alicyclic amines) is 1. The van der Waals surface area contributed by atoms with Crippen molar-refractivity contribution in [2.45, 2.75) is 37.8 Å². The van der Waals surface area contributed by atoms with Crippen molar-refractivity contribution in [3.05, 3.63) is 59.8 Å². The fourth-order valence-corrected chi connectivity index (χ4v) is 3.31. The molecule has 2 amide bonds. The van der Waals surface area contributed by atoms with Crippen LogP contribution >= 0.6 is 0 Å². The molecular weight excluding hydrogens is 323 g/mol. The summed E-state index contributed by atoms with van der Waals surface area (Å²) in [6, 6.07) is 9.73. The average Bonchev–Trinajstić information content (AvgIpc) is 3.26. The number of rotatable bonds is 6. The monoisotopic (exact) mass is 346 g/mol. The van der Waals surface area contributed by atoms with Gasteiger partial charge in [-0.3, -0.25) is 0 Å². The Kier molecular flexibility index (Phi) is 5.71. The molecule has 0 spiro atoms. The largest absolute Gasteiger partial charge is 0.467 e. The molecule has 0 bridgehead atoms. The van der Waals surface area contributed by atoms with Gasteiger partial charge >= 0.3 is 6.03 Å². The molecule has 2 unspecified atom stereocenters. The van der Waals surface area contributed by atoms with Gasteiger partial charge in [-0.25, -0.2) is 9.18 Å². The third kappa shape index (κ3) is 4.60. The summed E-state index contributed by atoms with van der Waals surface area (Å²) < 4.78 is 18.4. The topological polar surface area (TPSA) is 65.7 Å². The minimum Gasteiger partial charge on any atom is -0.467 e. The number of aliphatic hydroxyl groups is 1. The van der Waals surface area contributed by atoms with Crippen molar-refractivity contribution in [3.63, 3.8) is 0 Å². The fourth-order valence-electron chi connectivity index (χ4n) is 3.31. The summed E-state index contributed by atoms with van der Waals surface area (Å²) in [7, 11) is 0. The molecule has 0 saturated carbocycles. The second kappa shape index (κ2) is 8.16. The normalized spacial score (nSPS) is 18.3. The Balaban J connectivity index is 1.48. The van der Waals surface area contributed by atoms with Crippen LogP contribution in [-0.4, -0.2) is 35.2 Å². The molecule has 1 aliphatic rings. The zero-order valence-corrected chi connectivity index (χ0v) is 14.0. The zero-order chi connectivity index (χ0) is 17.6. The highest BCUT2D eigenvalue weighted by Crippen LogP contribution is 2.27. The minimum absolute atomic E-state index is 0.00531. The summed E-state index contributed by atoms with van der Waals surface area (Å²) in [5.41, 5.74) is 0.853. The van der Waals surface area contributed by atoms with E-state index in [0.29, 0.717) is 31.7 Å². The molecule has 6 heteroatoms. The van der Waals surface area contributed by atoms with E-state index in [1.165, 1.54) is 18.4 Å². The Morgan fingerprint density at radius 3 is 3.04 bits per heavy atom. The lowest BCUT2D eigenvalue weighted by Crippen LogP contribution is -2.43. The van der Waals surface area contributed by atoms with Crippen molar-refractivity contribution in [2.24, 2.45) is 0 Å². The number of nitrogens with zero attached hydrogens (tertiary/aromatic N) is 1. The number of carbonyl (C=O) groups excluding carboxylic acids is 1. The summed E-state index contributed by atoms with van der Waals surface area (Å²) in [5, 5.41) is 13.1. The summed E-state index contributed by atoms with van der Waals surface area (Å²) in [5.74, 6) is 0.258. The first-order valence-corrected chi connectivity index (χ1v) is 8.64. The SMILES string of the molecule is O=C(NCCc1cccc(F)c1)N1CCCC1CC(O)c1ccco1. The molecule has 2 N–H and O–H groups in total. The number of hydrogen-bond acceptors (Lipinski definition) is 3. The van der Waals surface area contributed by atoms with Gasteiger partial charge < -0.3 is 19.7 Å². The Hall–Kier alpha value is -2.34. The molecule has 2 atom stereocenters. The maximum absolute atomic E-state index is 13.2. The molecule has 1 fully saturated rings. The van der Waals surface area contributed by atoms with Crippen LogP contribution in [0.4, 0.5) is 9.18 Å². The van der Waals surface area contributed by atoms with Crippen molar-refractivity contribution in [3.8, 4) is 0 Å². The molecular formula is C19H23FN2O3. The van der Waals surface area contributed by atoms with Crippen LogP contribution in [0.2, 0.25) is 0 Å². The minimum atomic E-state index is -0.708. The quantitative estimate of drug-likeness (QED) is 0.844. The molecule has 1 aromatic heterocycles. The zero-order valence-electron chi connectivity index (χ0n) is 14.0.